The molecule has 0 aliphatic heterocycles. The van der Waals surface area contributed by atoms with Crippen molar-refractivity contribution in [3.63, 3.8) is 0 Å². The van der Waals surface area contributed by atoms with E-state index in [1.807, 2.05) is 0 Å². The number of aromatic nitrogens is 1. The molecule has 0 radical (unpaired) electrons. The van der Waals surface area contributed by atoms with E-state index in [-0.39, 0.29) is 24.2 Å². The van der Waals surface area contributed by atoms with E-state index in [1.165, 1.54) is 4.88 Å². The van der Waals surface area contributed by atoms with Crippen LogP contribution in [0.1, 0.15) is 50.6 Å². The van der Waals surface area contributed by atoms with Crippen molar-refractivity contribution in [2.45, 2.75) is 52.9 Å². The van der Waals surface area contributed by atoms with E-state index < -0.39 is 0 Å². The van der Waals surface area contributed by atoms with Crippen molar-refractivity contribution in [1.29, 1.82) is 0 Å². The third-order valence-corrected chi connectivity index (χ3v) is 5.09. The van der Waals surface area contributed by atoms with Gasteiger partial charge in [0.15, 0.2) is 5.13 Å². The zero-order valence-electron chi connectivity index (χ0n) is 13.6. The van der Waals surface area contributed by atoms with E-state index >= 15 is 0 Å². The highest BCUT2D eigenvalue weighted by Crippen LogP contribution is 2.37. The third-order valence-electron chi connectivity index (χ3n) is 3.93. The first-order valence-electron chi connectivity index (χ1n) is 8.11. The highest BCUT2D eigenvalue weighted by molar-refractivity contribution is 7.15. The number of hydrogen-bond donors (Lipinski definition) is 2. The molecular weight excluding hydrogens is 298 g/mol. The number of carbonyl (C=O) groups excluding carboxylic acids is 2. The van der Waals surface area contributed by atoms with Crippen molar-refractivity contribution in [3.8, 4) is 0 Å². The summed E-state index contributed by atoms with van der Waals surface area (Å²) in [6, 6.07) is 0. The number of thiazole rings is 1. The Bertz CT molecular complexity index is 541. The average molecular weight is 323 g/mol. The van der Waals surface area contributed by atoms with Gasteiger partial charge in [0.25, 0.3) is 0 Å². The Morgan fingerprint density at radius 2 is 2.09 bits per heavy atom. The predicted molar refractivity (Wildman–Crippen MR) is 89.0 cm³/mol. The standard InChI is InChI=1S/C16H25N3O2S/c1-4-6-12-13(5-2)22-16(18-12)19-14(20)7-8-17-15(21)11-9-10(11)3/h10-11H,4-9H2,1-3H3,(H,17,21)(H,18,19,20)/t10-,11+/m1/s1. The van der Waals surface area contributed by atoms with Crippen LogP contribution in [-0.2, 0) is 22.4 Å². The fourth-order valence-corrected chi connectivity index (χ4v) is 3.41. The Morgan fingerprint density at radius 1 is 1.36 bits per heavy atom. The highest BCUT2D eigenvalue weighted by atomic mass is 32.1. The van der Waals surface area contributed by atoms with Gasteiger partial charge in [-0.2, -0.15) is 0 Å². The first-order valence-corrected chi connectivity index (χ1v) is 8.92. The van der Waals surface area contributed by atoms with Crippen LogP contribution in [0, 0.1) is 11.8 Å². The van der Waals surface area contributed by atoms with Gasteiger partial charge in [-0.3, -0.25) is 9.59 Å². The lowest BCUT2D eigenvalue weighted by Crippen LogP contribution is -2.29. The molecule has 1 heterocycles. The van der Waals surface area contributed by atoms with Gasteiger partial charge in [0, 0.05) is 23.8 Å². The van der Waals surface area contributed by atoms with Crippen LogP contribution in [0.2, 0.25) is 0 Å². The van der Waals surface area contributed by atoms with Gasteiger partial charge in [0.2, 0.25) is 11.8 Å². The molecule has 1 fully saturated rings. The van der Waals surface area contributed by atoms with Crippen LogP contribution in [0.3, 0.4) is 0 Å². The second-order valence-electron chi connectivity index (χ2n) is 5.90. The van der Waals surface area contributed by atoms with Gasteiger partial charge in [-0.15, -0.1) is 11.3 Å². The van der Waals surface area contributed by atoms with Crippen LogP contribution in [-0.4, -0.2) is 23.3 Å². The van der Waals surface area contributed by atoms with Crippen molar-refractivity contribution < 1.29 is 9.59 Å². The average Bonchev–Trinajstić information content (AvgIpc) is 3.09. The van der Waals surface area contributed by atoms with Crippen LogP contribution < -0.4 is 10.6 Å². The molecule has 0 bridgehead atoms. The second kappa shape index (κ2) is 7.72. The molecule has 2 rings (SSSR count). The Morgan fingerprint density at radius 3 is 2.68 bits per heavy atom. The monoisotopic (exact) mass is 323 g/mol. The van der Waals surface area contributed by atoms with Crippen LogP contribution in [0.4, 0.5) is 5.13 Å². The number of aryl methyl sites for hydroxylation is 2. The molecule has 0 unspecified atom stereocenters. The van der Waals surface area contributed by atoms with E-state index in [2.05, 4.69) is 36.4 Å². The normalized spacial score (nSPS) is 19.8. The Hall–Kier alpha value is -1.43. The van der Waals surface area contributed by atoms with E-state index in [0.717, 1.165) is 31.4 Å². The largest absolute Gasteiger partial charge is 0.355 e. The quantitative estimate of drug-likeness (QED) is 0.773. The highest BCUT2D eigenvalue weighted by Gasteiger charge is 2.38. The maximum Gasteiger partial charge on any atom is 0.227 e. The zero-order chi connectivity index (χ0) is 16.1. The van der Waals surface area contributed by atoms with Crippen molar-refractivity contribution >= 4 is 28.3 Å². The third kappa shape index (κ3) is 4.53. The molecule has 6 heteroatoms. The number of nitrogens with one attached hydrogen (secondary N) is 2. The number of anilines is 1. The lowest BCUT2D eigenvalue weighted by Gasteiger charge is -2.04. The molecule has 122 valence electrons. The van der Waals surface area contributed by atoms with Crippen molar-refractivity contribution in [3.05, 3.63) is 10.6 Å². The van der Waals surface area contributed by atoms with Gasteiger partial charge in [0.1, 0.15) is 0 Å². The number of hydrogen-bond acceptors (Lipinski definition) is 4. The zero-order valence-corrected chi connectivity index (χ0v) is 14.4. The van der Waals surface area contributed by atoms with Crippen molar-refractivity contribution in [1.82, 2.24) is 10.3 Å². The minimum absolute atomic E-state index is 0.0769. The minimum Gasteiger partial charge on any atom is -0.355 e. The summed E-state index contributed by atoms with van der Waals surface area (Å²) in [5.74, 6) is 0.635. The molecule has 2 N–H and O–H groups in total. The topological polar surface area (TPSA) is 71.1 Å². The lowest BCUT2D eigenvalue weighted by molar-refractivity contribution is -0.122. The summed E-state index contributed by atoms with van der Waals surface area (Å²) >= 11 is 1.55. The number of nitrogens with zero attached hydrogens (tertiary/aromatic N) is 1. The van der Waals surface area contributed by atoms with Gasteiger partial charge in [-0.05, 0) is 25.2 Å². The minimum atomic E-state index is -0.0939. The molecular formula is C16H25N3O2S. The molecule has 0 saturated heterocycles. The van der Waals surface area contributed by atoms with Crippen LogP contribution in [0.5, 0.6) is 0 Å². The summed E-state index contributed by atoms with van der Waals surface area (Å²) in [4.78, 5) is 29.3. The number of amides is 2. The fraction of sp³-hybridized carbons (Fsp3) is 0.688. The summed E-state index contributed by atoms with van der Waals surface area (Å²) in [5.41, 5.74) is 1.10. The Kier molecular flexibility index (Phi) is 5.94. The lowest BCUT2D eigenvalue weighted by atomic mass is 10.2. The number of carbonyl (C=O) groups is 2. The van der Waals surface area contributed by atoms with Gasteiger partial charge in [-0.25, -0.2) is 4.98 Å². The van der Waals surface area contributed by atoms with E-state index in [0.29, 0.717) is 17.6 Å². The molecule has 0 aromatic carbocycles. The summed E-state index contributed by atoms with van der Waals surface area (Å²) < 4.78 is 0. The van der Waals surface area contributed by atoms with Gasteiger partial charge in [-0.1, -0.05) is 27.2 Å². The summed E-state index contributed by atoms with van der Waals surface area (Å²) in [7, 11) is 0. The van der Waals surface area contributed by atoms with Crippen molar-refractivity contribution in [2.75, 3.05) is 11.9 Å². The van der Waals surface area contributed by atoms with Gasteiger partial charge < -0.3 is 10.6 Å². The molecule has 1 aromatic rings. The molecule has 1 aliphatic rings. The van der Waals surface area contributed by atoms with E-state index in [4.69, 9.17) is 0 Å². The molecule has 2 amide bonds. The molecule has 22 heavy (non-hydrogen) atoms. The molecule has 1 aromatic heterocycles. The Balaban J connectivity index is 1.75. The van der Waals surface area contributed by atoms with Crippen LogP contribution in [0.25, 0.3) is 0 Å². The molecule has 5 nitrogen and oxygen atoms in total. The maximum absolute atomic E-state index is 11.9. The molecule has 2 atom stereocenters. The van der Waals surface area contributed by atoms with Crippen LogP contribution in [0.15, 0.2) is 0 Å². The molecule has 1 saturated carbocycles. The predicted octanol–water partition coefficient (Wildman–Crippen LogP) is 2.76. The summed E-state index contributed by atoms with van der Waals surface area (Å²) in [6.07, 6.45) is 4.20. The fourth-order valence-electron chi connectivity index (χ4n) is 2.44. The smallest absolute Gasteiger partial charge is 0.227 e. The van der Waals surface area contributed by atoms with Crippen LogP contribution >= 0.6 is 11.3 Å². The van der Waals surface area contributed by atoms with Gasteiger partial charge in [0.05, 0.1) is 5.69 Å². The molecule has 0 spiro atoms. The van der Waals surface area contributed by atoms with E-state index in [1.54, 1.807) is 11.3 Å². The Labute approximate surface area is 135 Å². The number of rotatable bonds is 8. The van der Waals surface area contributed by atoms with E-state index in [9.17, 15) is 9.59 Å². The second-order valence-corrected chi connectivity index (χ2v) is 6.98. The molecule has 1 aliphatic carbocycles. The first-order chi connectivity index (χ1) is 10.5. The van der Waals surface area contributed by atoms with Crippen molar-refractivity contribution in [2.24, 2.45) is 11.8 Å². The summed E-state index contributed by atoms with van der Waals surface area (Å²) in [6.45, 7) is 6.69. The first kappa shape index (κ1) is 16.9. The van der Waals surface area contributed by atoms with Gasteiger partial charge >= 0.3 is 0 Å². The maximum atomic E-state index is 11.9. The SMILES string of the molecule is CCCc1nc(NC(=O)CCNC(=O)[C@H]2C[C@H]2C)sc1CC. The summed E-state index contributed by atoms with van der Waals surface area (Å²) in [5, 5.41) is 6.34.